The average Bonchev–Trinajstić information content (AvgIpc) is 4.12. The Morgan fingerprint density at radius 1 is 0.694 bits per heavy atom. The number of benzene rings is 4. The maximum Gasteiger partial charge on any atom is 0.407 e. The Kier molecular flexibility index (Phi) is 12.3. The molecule has 15 nitrogen and oxygen atoms in total. The Labute approximate surface area is 359 Å². The van der Waals surface area contributed by atoms with E-state index in [4.69, 9.17) is 19.2 Å². The van der Waals surface area contributed by atoms with E-state index in [9.17, 15) is 19.2 Å². The van der Waals surface area contributed by atoms with E-state index >= 15 is 0 Å². The van der Waals surface area contributed by atoms with Crippen molar-refractivity contribution in [1.29, 1.82) is 0 Å². The fourth-order valence-corrected chi connectivity index (χ4v) is 8.30. The highest BCUT2D eigenvalue weighted by atomic mass is 16.5. The number of rotatable bonds is 11. The lowest BCUT2D eigenvalue weighted by molar-refractivity contribution is -0.143. The number of amides is 4. The molecule has 15 heteroatoms. The molecule has 2 aliphatic heterocycles. The van der Waals surface area contributed by atoms with Crippen molar-refractivity contribution in [3.63, 3.8) is 0 Å². The smallest absolute Gasteiger partial charge is 0.407 e. The molecule has 4 heterocycles. The molecular formula is C47H50N8O7. The van der Waals surface area contributed by atoms with Crippen LogP contribution in [0.5, 0.6) is 0 Å². The molecule has 6 aromatic rings. The maximum atomic E-state index is 14.0. The molecule has 0 bridgehead atoms. The van der Waals surface area contributed by atoms with Crippen LogP contribution in [0.3, 0.4) is 0 Å². The first-order valence-corrected chi connectivity index (χ1v) is 20.8. The van der Waals surface area contributed by atoms with Crippen LogP contribution in [0.4, 0.5) is 9.59 Å². The minimum absolute atomic E-state index is 0.112. The predicted octanol–water partition coefficient (Wildman–Crippen LogP) is 7.33. The zero-order valence-electron chi connectivity index (χ0n) is 35.1. The van der Waals surface area contributed by atoms with E-state index in [1.807, 2.05) is 55.3 Å². The summed E-state index contributed by atoms with van der Waals surface area (Å²) in [6.07, 6.45) is 3.87. The zero-order valence-corrected chi connectivity index (χ0v) is 35.1. The molecule has 8 rings (SSSR count). The largest absolute Gasteiger partial charge is 0.453 e. The number of morpholine rings is 1. The summed E-state index contributed by atoms with van der Waals surface area (Å²) < 4.78 is 15.4. The Bertz CT molecular complexity index is 2550. The van der Waals surface area contributed by atoms with Crippen molar-refractivity contribution in [2.45, 2.75) is 50.9 Å². The second kappa shape index (κ2) is 18.3. The van der Waals surface area contributed by atoms with Crippen LogP contribution in [0.2, 0.25) is 0 Å². The molecule has 2 fully saturated rings. The molecule has 4 atom stereocenters. The van der Waals surface area contributed by atoms with Gasteiger partial charge >= 0.3 is 12.2 Å². The standard InChI is InChI=1S/C47H50N8O7/c1-28(2)40(52-46(58)60-3)44(56)54-20-8-11-38(54)42-48-26-37(51-42)35-19-18-33-23-32(16-17-34(33)24-35)29-12-14-30(15-13-29)36-25-49-43(50-36)39-27-62-22-21-55(39)45(57)41(53-47(59)61-4)31-9-6-5-7-10-31/h5-7,9-10,12-19,23-26,28,38-41H,8,11,20-22,27H2,1-4H3,(H,48,51)(H,49,50)(H,52,58)(H,53,59)/t38-,39-,40-,41+/m0/s1. The van der Waals surface area contributed by atoms with Gasteiger partial charge in [-0.25, -0.2) is 19.6 Å². The summed E-state index contributed by atoms with van der Waals surface area (Å²) in [5.41, 5.74) is 6.34. The number of hydrogen-bond acceptors (Lipinski definition) is 9. The first kappa shape index (κ1) is 41.7. The Morgan fingerprint density at radius 2 is 1.27 bits per heavy atom. The Morgan fingerprint density at radius 3 is 1.95 bits per heavy atom. The number of alkyl carbamates (subject to hydrolysis) is 2. The monoisotopic (exact) mass is 838 g/mol. The number of likely N-dealkylation sites (tertiary alicyclic amines) is 1. The Balaban J connectivity index is 0.950. The van der Waals surface area contributed by atoms with Crippen molar-refractivity contribution in [3.8, 4) is 33.6 Å². The van der Waals surface area contributed by atoms with Gasteiger partial charge in [-0.05, 0) is 63.9 Å². The summed E-state index contributed by atoms with van der Waals surface area (Å²) in [7, 11) is 2.56. The summed E-state index contributed by atoms with van der Waals surface area (Å²) in [5.74, 6) is 0.767. The fourth-order valence-electron chi connectivity index (χ4n) is 8.30. The van der Waals surface area contributed by atoms with Crippen LogP contribution in [0.25, 0.3) is 44.4 Å². The maximum absolute atomic E-state index is 14.0. The molecule has 62 heavy (non-hydrogen) atoms. The number of ether oxygens (including phenoxy) is 3. The fraction of sp³-hybridized carbons (Fsp3) is 0.319. The molecule has 0 unspecified atom stereocenters. The van der Waals surface area contributed by atoms with Crippen LogP contribution in [0.15, 0.2) is 103 Å². The quantitative estimate of drug-likeness (QED) is 0.104. The Hall–Kier alpha value is -7.00. The molecule has 0 aliphatic carbocycles. The minimum Gasteiger partial charge on any atom is -0.453 e. The lowest BCUT2D eigenvalue weighted by atomic mass is 9.98. The third-order valence-corrected chi connectivity index (χ3v) is 11.7. The second-order valence-electron chi connectivity index (χ2n) is 15.9. The first-order valence-electron chi connectivity index (χ1n) is 20.8. The van der Waals surface area contributed by atoms with Crippen molar-refractivity contribution in [1.82, 2.24) is 40.4 Å². The van der Waals surface area contributed by atoms with Crippen molar-refractivity contribution in [2.24, 2.45) is 5.92 Å². The van der Waals surface area contributed by atoms with Gasteiger partial charge in [-0.3, -0.25) is 9.59 Å². The van der Waals surface area contributed by atoms with Gasteiger partial charge in [0.25, 0.3) is 5.91 Å². The molecular weight excluding hydrogens is 789 g/mol. The molecule has 4 N–H and O–H groups in total. The van der Waals surface area contributed by atoms with Gasteiger partial charge in [-0.15, -0.1) is 0 Å². The lowest BCUT2D eigenvalue weighted by Gasteiger charge is -2.36. The summed E-state index contributed by atoms with van der Waals surface area (Å²) in [5, 5.41) is 7.56. The van der Waals surface area contributed by atoms with E-state index in [0.29, 0.717) is 31.1 Å². The zero-order chi connectivity index (χ0) is 43.3. The van der Waals surface area contributed by atoms with Crippen LogP contribution >= 0.6 is 0 Å². The van der Waals surface area contributed by atoms with E-state index < -0.39 is 30.3 Å². The molecule has 4 aromatic carbocycles. The summed E-state index contributed by atoms with van der Waals surface area (Å²) in [4.78, 5) is 71.7. The molecule has 0 saturated carbocycles. The van der Waals surface area contributed by atoms with Crippen LogP contribution in [0, 0.1) is 5.92 Å². The van der Waals surface area contributed by atoms with Crippen LogP contribution in [-0.4, -0.2) is 100 Å². The number of nitrogens with one attached hydrogen (secondary N) is 4. The van der Waals surface area contributed by atoms with Crippen LogP contribution < -0.4 is 10.6 Å². The molecule has 320 valence electrons. The normalized spacial score (nSPS) is 17.4. The van der Waals surface area contributed by atoms with Gasteiger partial charge in [0, 0.05) is 18.7 Å². The van der Waals surface area contributed by atoms with Gasteiger partial charge in [-0.1, -0.05) is 92.7 Å². The number of hydrogen-bond donors (Lipinski definition) is 4. The molecule has 2 saturated heterocycles. The third kappa shape index (κ3) is 8.75. The van der Waals surface area contributed by atoms with Crippen molar-refractivity contribution in [3.05, 3.63) is 121 Å². The number of imidazole rings is 2. The van der Waals surface area contributed by atoms with Gasteiger partial charge in [0.1, 0.15) is 29.8 Å². The van der Waals surface area contributed by atoms with Gasteiger partial charge in [0.2, 0.25) is 5.91 Å². The highest BCUT2D eigenvalue weighted by molar-refractivity contribution is 5.91. The first-order chi connectivity index (χ1) is 30.1. The van der Waals surface area contributed by atoms with Crippen molar-refractivity contribution >= 4 is 34.8 Å². The molecule has 0 spiro atoms. The number of H-pyrrole nitrogens is 2. The SMILES string of the molecule is COC(=O)N[C@H](C(=O)N1CCC[C@H]1c1ncc(-c2ccc3cc(-c4ccc(-c5cnc([C@@H]6COCCN6C(=O)[C@H](NC(=O)OC)c6ccccc6)[nH]5)cc4)ccc3c2)[nH]1)C(C)C. The number of aromatic amines is 2. The molecule has 4 amide bonds. The molecule has 0 radical (unpaired) electrons. The second-order valence-corrected chi connectivity index (χ2v) is 15.9. The van der Waals surface area contributed by atoms with E-state index in [1.165, 1.54) is 14.2 Å². The van der Waals surface area contributed by atoms with Crippen molar-refractivity contribution in [2.75, 3.05) is 40.5 Å². The lowest BCUT2D eigenvalue weighted by Crippen LogP contribution is -2.51. The van der Waals surface area contributed by atoms with Crippen molar-refractivity contribution < 1.29 is 33.4 Å². The van der Waals surface area contributed by atoms with E-state index in [2.05, 4.69) is 74.1 Å². The average molecular weight is 839 g/mol. The summed E-state index contributed by atoms with van der Waals surface area (Å²) in [6, 6.07) is 27.7. The van der Waals surface area contributed by atoms with Gasteiger partial charge in [0.15, 0.2) is 0 Å². The number of carbonyl (C=O) groups is 4. The van der Waals surface area contributed by atoms with Crippen LogP contribution in [0.1, 0.15) is 62.0 Å². The highest BCUT2D eigenvalue weighted by Gasteiger charge is 2.38. The number of fused-ring (bicyclic) bond motifs is 1. The topological polar surface area (TPSA) is 184 Å². The summed E-state index contributed by atoms with van der Waals surface area (Å²) in [6.45, 7) is 5.34. The van der Waals surface area contributed by atoms with Crippen LogP contribution in [-0.2, 0) is 23.8 Å². The predicted molar refractivity (Wildman–Crippen MR) is 232 cm³/mol. The summed E-state index contributed by atoms with van der Waals surface area (Å²) >= 11 is 0. The van der Waals surface area contributed by atoms with Gasteiger partial charge in [0.05, 0.1) is 57.3 Å². The van der Waals surface area contributed by atoms with E-state index in [1.54, 1.807) is 23.2 Å². The number of carbonyl (C=O) groups excluding carboxylic acids is 4. The van der Waals surface area contributed by atoms with E-state index in [-0.39, 0.29) is 30.4 Å². The van der Waals surface area contributed by atoms with E-state index in [0.717, 1.165) is 63.1 Å². The van der Waals surface area contributed by atoms with Gasteiger partial charge < -0.3 is 44.6 Å². The molecule has 2 aromatic heterocycles. The molecule has 2 aliphatic rings. The number of nitrogens with zero attached hydrogens (tertiary/aromatic N) is 4. The van der Waals surface area contributed by atoms with Gasteiger partial charge in [-0.2, -0.15) is 0 Å². The number of aromatic nitrogens is 4. The number of methoxy groups -OCH3 is 2. The highest BCUT2D eigenvalue weighted by Crippen LogP contribution is 2.35. The minimum atomic E-state index is -0.940. The third-order valence-electron chi connectivity index (χ3n) is 11.7.